The van der Waals surface area contributed by atoms with Gasteiger partial charge in [0, 0.05) is 5.56 Å². The van der Waals surface area contributed by atoms with Crippen LogP contribution in [0.1, 0.15) is 58.0 Å². The van der Waals surface area contributed by atoms with E-state index in [-0.39, 0.29) is 11.9 Å². The summed E-state index contributed by atoms with van der Waals surface area (Å²) in [5.74, 6) is -0.700. The SMILES string of the molecule is CCc1ccc2c(c1)[C@H](N(C(=O)c1ccccc1)C(C(N)=O)c1ccccc1)CC2. The van der Waals surface area contributed by atoms with Gasteiger partial charge in [-0.1, -0.05) is 73.7 Å². The first-order valence-corrected chi connectivity index (χ1v) is 10.4. The fourth-order valence-electron chi connectivity index (χ4n) is 4.40. The first kappa shape index (κ1) is 19.9. The first-order valence-electron chi connectivity index (χ1n) is 10.4. The number of hydrogen-bond acceptors (Lipinski definition) is 2. The van der Waals surface area contributed by atoms with Crippen LogP contribution in [0, 0.1) is 0 Å². The van der Waals surface area contributed by atoms with Gasteiger partial charge in [-0.05, 0) is 53.6 Å². The molecule has 0 saturated carbocycles. The number of amides is 2. The van der Waals surface area contributed by atoms with E-state index in [0.717, 1.165) is 30.4 Å². The van der Waals surface area contributed by atoms with Crippen LogP contribution in [0.2, 0.25) is 0 Å². The van der Waals surface area contributed by atoms with Crippen molar-refractivity contribution in [3.8, 4) is 0 Å². The van der Waals surface area contributed by atoms with Crippen LogP contribution < -0.4 is 5.73 Å². The standard InChI is InChI=1S/C26H26N2O2/c1-2-18-13-14-19-15-16-23(22(19)17-18)28(26(30)21-11-7-4-8-12-21)24(25(27)29)20-9-5-3-6-10-20/h3-14,17,23-24H,2,15-16H2,1H3,(H2,27,29)/t23-,24?/m1/s1. The van der Waals surface area contributed by atoms with Gasteiger partial charge in [0.1, 0.15) is 6.04 Å². The molecular formula is C26H26N2O2. The lowest BCUT2D eigenvalue weighted by Gasteiger charge is -2.36. The van der Waals surface area contributed by atoms with Gasteiger partial charge in [0.2, 0.25) is 5.91 Å². The molecule has 1 unspecified atom stereocenters. The summed E-state index contributed by atoms with van der Waals surface area (Å²) in [7, 11) is 0. The molecule has 0 spiro atoms. The van der Waals surface area contributed by atoms with Crippen LogP contribution in [0.15, 0.2) is 78.9 Å². The number of carbonyl (C=O) groups is 2. The van der Waals surface area contributed by atoms with Crippen LogP contribution >= 0.6 is 0 Å². The second-order valence-corrected chi connectivity index (χ2v) is 7.74. The topological polar surface area (TPSA) is 63.4 Å². The number of benzene rings is 3. The van der Waals surface area contributed by atoms with Gasteiger partial charge in [-0.3, -0.25) is 9.59 Å². The third kappa shape index (κ3) is 3.73. The zero-order valence-electron chi connectivity index (χ0n) is 17.1. The van der Waals surface area contributed by atoms with E-state index in [0.29, 0.717) is 5.56 Å². The Morgan fingerprint density at radius 3 is 2.30 bits per heavy atom. The Bertz CT molecular complexity index is 1050. The molecule has 0 fully saturated rings. The first-order chi connectivity index (χ1) is 14.6. The molecular weight excluding hydrogens is 372 g/mol. The van der Waals surface area contributed by atoms with Crippen molar-refractivity contribution < 1.29 is 9.59 Å². The molecule has 4 rings (SSSR count). The van der Waals surface area contributed by atoms with Crippen molar-refractivity contribution >= 4 is 11.8 Å². The maximum atomic E-state index is 13.7. The molecule has 0 radical (unpaired) electrons. The van der Waals surface area contributed by atoms with Crippen LogP contribution in [0.4, 0.5) is 0 Å². The second kappa shape index (κ2) is 8.54. The Morgan fingerprint density at radius 2 is 1.67 bits per heavy atom. The maximum absolute atomic E-state index is 13.7. The van der Waals surface area contributed by atoms with E-state index in [1.807, 2.05) is 48.5 Å². The fraction of sp³-hybridized carbons (Fsp3) is 0.231. The van der Waals surface area contributed by atoms with E-state index in [2.05, 4.69) is 25.1 Å². The van der Waals surface area contributed by atoms with Crippen molar-refractivity contribution in [2.24, 2.45) is 5.73 Å². The molecule has 2 amide bonds. The highest BCUT2D eigenvalue weighted by atomic mass is 16.2. The highest BCUT2D eigenvalue weighted by Gasteiger charge is 2.39. The van der Waals surface area contributed by atoms with Gasteiger partial charge >= 0.3 is 0 Å². The molecule has 4 nitrogen and oxygen atoms in total. The summed E-state index contributed by atoms with van der Waals surface area (Å²) in [6.07, 6.45) is 2.57. The number of nitrogens with two attached hydrogens (primary N) is 1. The van der Waals surface area contributed by atoms with Gasteiger partial charge in [-0.2, -0.15) is 0 Å². The summed E-state index contributed by atoms with van der Waals surface area (Å²) >= 11 is 0. The van der Waals surface area contributed by atoms with E-state index in [1.165, 1.54) is 11.1 Å². The lowest BCUT2D eigenvalue weighted by Crippen LogP contribution is -2.43. The van der Waals surface area contributed by atoms with Crippen molar-refractivity contribution in [3.05, 3.63) is 107 Å². The third-order valence-corrected chi connectivity index (χ3v) is 5.92. The number of hydrogen-bond donors (Lipinski definition) is 1. The molecule has 0 bridgehead atoms. The monoisotopic (exact) mass is 398 g/mol. The molecule has 2 N–H and O–H groups in total. The van der Waals surface area contributed by atoms with Gasteiger partial charge in [0.25, 0.3) is 5.91 Å². The minimum Gasteiger partial charge on any atom is -0.368 e. The minimum absolute atomic E-state index is 0.178. The van der Waals surface area contributed by atoms with Crippen LogP contribution in [0.3, 0.4) is 0 Å². The fourth-order valence-corrected chi connectivity index (χ4v) is 4.40. The summed E-state index contributed by atoms with van der Waals surface area (Å²) in [4.78, 5) is 28.1. The van der Waals surface area contributed by atoms with Crippen LogP contribution in [-0.2, 0) is 17.6 Å². The van der Waals surface area contributed by atoms with E-state index < -0.39 is 11.9 Å². The molecule has 0 aliphatic heterocycles. The highest BCUT2D eigenvalue weighted by molar-refractivity contribution is 5.98. The average molecular weight is 399 g/mol. The van der Waals surface area contributed by atoms with E-state index >= 15 is 0 Å². The molecule has 0 heterocycles. The minimum atomic E-state index is -0.833. The van der Waals surface area contributed by atoms with E-state index in [4.69, 9.17) is 5.73 Å². The van der Waals surface area contributed by atoms with Gasteiger partial charge < -0.3 is 10.6 Å². The number of aryl methyl sites for hydroxylation is 2. The zero-order valence-corrected chi connectivity index (χ0v) is 17.1. The Morgan fingerprint density at radius 1 is 1.00 bits per heavy atom. The predicted molar refractivity (Wildman–Crippen MR) is 118 cm³/mol. The number of primary amides is 1. The average Bonchev–Trinajstić information content (AvgIpc) is 3.20. The summed E-state index contributed by atoms with van der Waals surface area (Å²) in [6, 6.07) is 23.9. The largest absolute Gasteiger partial charge is 0.368 e. The molecule has 4 heteroatoms. The number of nitrogens with zero attached hydrogens (tertiary/aromatic N) is 1. The van der Waals surface area contributed by atoms with Crippen molar-refractivity contribution in [1.29, 1.82) is 0 Å². The Hall–Kier alpha value is -3.40. The van der Waals surface area contributed by atoms with Gasteiger partial charge in [-0.15, -0.1) is 0 Å². The number of fused-ring (bicyclic) bond motifs is 1. The van der Waals surface area contributed by atoms with Crippen molar-refractivity contribution in [2.75, 3.05) is 0 Å². The predicted octanol–water partition coefficient (Wildman–Crippen LogP) is 4.61. The summed E-state index contributed by atoms with van der Waals surface area (Å²) in [5, 5.41) is 0. The van der Waals surface area contributed by atoms with Crippen molar-refractivity contribution in [3.63, 3.8) is 0 Å². The number of rotatable bonds is 6. The molecule has 3 aromatic rings. The van der Waals surface area contributed by atoms with Gasteiger partial charge in [-0.25, -0.2) is 0 Å². The highest BCUT2D eigenvalue weighted by Crippen LogP contribution is 2.41. The second-order valence-electron chi connectivity index (χ2n) is 7.74. The van der Waals surface area contributed by atoms with Gasteiger partial charge in [0.05, 0.1) is 6.04 Å². The molecule has 3 aromatic carbocycles. The Labute approximate surface area is 177 Å². The van der Waals surface area contributed by atoms with E-state index in [1.54, 1.807) is 17.0 Å². The molecule has 0 saturated heterocycles. The van der Waals surface area contributed by atoms with Crippen molar-refractivity contribution in [1.82, 2.24) is 4.90 Å². The molecule has 152 valence electrons. The van der Waals surface area contributed by atoms with Gasteiger partial charge in [0.15, 0.2) is 0 Å². The van der Waals surface area contributed by atoms with Crippen molar-refractivity contribution in [2.45, 2.75) is 38.3 Å². The van der Waals surface area contributed by atoms with Crippen LogP contribution in [-0.4, -0.2) is 16.7 Å². The number of carbonyl (C=O) groups excluding carboxylic acids is 2. The molecule has 1 aliphatic carbocycles. The van der Waals surface area contributed by atoms with Crippen LogP contribution in [0.25, 0.3) is 0 Å². The lowest BCUT2D eigenvalue weighted by atomic mass is 9.96. The summed E-state index contributed by atoms with van der Waals surface area (Å²) in [6.45, 7) is 2.12. The maximum Gasteiger partial charge on any atom is 0.255 e. The smallest absolute Gasteiger partial charge is 0.255 e. The quantitative estimate of drug-likeness (QED) is 0.659. The molecule has 2 atom stereocenters. The summed E-state index contributed by atoms with van der Waals surface area (Å²) < 4.78 is 0. The molecule has 1 aliphatic rings. The zero-order chi connectivity index (χ0) is 21.1. The molecule has 0 aromatic heterocycles. The lowest BCUT2D eigenvalue weighted by molar-refractivity contribution is -0.123. The molecule has 30 heavy (non-hydrogen) atoms. The normalized spacial score (nSPS) is 16.0. The van der Waals surface area contributed by atoms with Crippen LogP contribution in [0.5, 0.6) is 0 Å². The summed E-state index contributed by atoms with van der Waals surface area (Å²) in [5.41, 5.74) is 10.8. The Kier molecular flexibility index (Phi) is 5.66. The van der Waals surface area contributed by atoms with E-state index in [9.17, 15) is 9.59 Å². The third-order valence-electron chi connectivity index (χ3n) is 5.92. The Balaban J connectivity index is 1.85.